The molecule has 3 N–H and O–H groups in total. The molecule has 2 aromatic rings. The fourth-order valence-electron chi connectivity index (χ4n) is 2.63. The molecule has 0 saturated heterocycles. The van der Waals surface area contributed by atoms with Gasteiger partial charge in [-0.05, 0) is 43.3 Å². The van der Waals surface area contributed by atoms with Crippen LogP contribution in [0.4, 0.5) is 11.4 Å². The van der Waals surface area contributed by atoms with Gasteiger partial charge in [0, 0.05) is 23.2 Å². The second-order valence-electron chi connectivity index (χ2n) is 5.86. The molecule has 1 heterocycles. The zero-order valence-electron chi connectivity index (χ0n) is 13.8. The van der Waals surface area contributed by atoms with Gasteiger partial charge in [-0.2, -0.15) is 0 Å². The summed E-state index contributed by atoms with van der Waals surface area (Å²) >= 11 is 1.23. The van der Waals surface area contributed by atoms with Crippen LogP contribution < -0.4 is 16.0 Å². The van der Waals surface area contributed by atoms with Crippen LogP contribution in [0.1, 0.15) is 17.3 Å². The first-order valence-electron chi connectivity index (χ1n) is 7.60. The Morgan fingerprint density at radius 1 is 1.12 bits per heavy atom. The smallest absolute Gasteiger partial charge is 0.252 e. The van der Waals surface area contributed by atoms with Crippen molar-refractivity contribution in [1.29, 1.82) is 0 Å². The standard InChI is InChI=1S/C18H17N3O3S/c1-18(16(23)20-12-9-7-11(8-10-12)15(19)22)17(24)21(2)13-5-3-4-6-14(13)25-18/h3-10H,1-2H3,(H2,19,22)(H,20,23). The third-order valence-corrected chi connectivity index (χ3v) is 5.45. The highest BCUT2D eigenvalue weighted by Gasteiger charge is 2.48. The molecular weight excluding hydrogens is 338 g/mol. The number of rotatable bonds is 3. The number of fused-ring (bicyclic) bond motifs is 1. The molecule has 128 valence electrons. The molecule has 3 amide bonds. The van der Waals surface area contributed by atoms with Crippen molar-refractivity contribution in [3.05, 3.63) is 54.1 Å². The van der Waals surface area contributed by atoms with Crippen molar-refractivity contribution in [2.75, 3.05) is 17.3 Å². The summed E-state index contributed by atoms with van der Waals surface area (Å²) in [5.74, 6) is -1.25. The summed E-state index contributed by atoms with van der Waals surface area (Å²) in [4.78, 5) is 39.0. The number of nitrogens with one attached hydrogen (secondary N) is 1. The molecule has 0 radical (unpaired) electrons. The maximum atomic E-state index is 12.8. The summed E-state index contributed by atoms with van der Waals surface area (Å²) in [6.45, 7) is 1.61. The minimum Gasteiger partial charge on any atom is -0.366 e. The molecule has 7 heteroatoms. The summed E-state index contributed by atoms with van der Waals surface area (Å²) in [6.07, 6.45) is 0. The molecule has 0 fully saturated rings. The SMILES string of the molecule is CN1C(=O)C(C)(C(=O)Nc2ccc(C(N)=O)cc2)Sc2ccccc21. The minimum atomic E-state index is -1.29. The Morgan fingerprint density at radius 2 is 1.76 bits per heavy atom. The second-order valence-corrected chi connectivity index (χ2v) is 7.32. The lowest BCUT2D eigenvalue weighted by Crippen LogP contribution is -2.53. The maximum absolute atomic E-state index is 12.8. The number of primary amides is 1. The molecule has 1 aliphatic rings. The van der Waals surface area contributed by atoms with E-state index in [1.807, 2.05) is 24.3 Å². The van der Waals surface area contributed by atoms with Crippen LogP contribution >= 0.6 is 11.8 Å². The number of carbonyl (C=O) groups is 3. The van der Waals surface area contributed by atoms with Crippen molar-refractivity contribution in [2.24, 2.45) is 5.73 Å². The van der Waals surface area contributed by atoms with Gasteiger partial charge in [0.25, 0.3) is 5.91 Å². The summed E-state index contributed by atoms with van der Waals surface area (Å²) in [7, 11) is 1.66. The molecule has 0 spiro atoms. The lowest BCUT2D eigenvalue weighted by molar-refractivity contribution is -0.128. The topological polar surface area (TPSA) is 92.5 Å². The van der Waals surface area contributed by atoms with Crippen LogP contribution in [0.25, 0.3) is 0 Å². The third-order valence-electron chi connectivity index (χ3n) is 4.11. The first kappa shape index (κ1) is 17.0. The molecule has 1 aliphatic heterocycles. The molecule has 1 atom stereocenters. The van der Waals surface area contributed by atoms with Gasteiger partial charge < -0.3 is 16.0 Å². The van der Waals surface area contributed by atoms with Crippen molar-refractivity contribution < 1.29 is 14.4 Å². The van der Waals surface area contributed by atoms with E-state index < -0.39 is 16.6 Å². The van der Waals surface area contributed by atoms with Crippen molar-refractivity contribution in [3.63, 3.8) is 0 Å². The average molecular weight is 355 g/mol. The third kappa shape index (κ3) is 2.98. The van der Waals surface area contributed by atoms with E-state index in [4.69, 9.17) is 5.73 Å². The van der Waals surface area contributed by atoms with Crippen molar-refractivity contribution in [2.45, 2.75) is 16.6 Å². The second kappa shape index (κ2) is 6.25. The van der Waals surface area contributed by atoms with Gasteiger partial charge in [0.2, 0.25) is 11.8 Å². The number of para-hydroxylation sites is 1. The highest BCUT2D eigenvalue weighted by molar-refractivity contribution is 8.02. The zero-order chi connectivity index (χ0) is 18.2. The molecule has 0 bridgehead atoms. The van der Waals surface area contributed by atoms with Gasteiger partial charge in [-0.1, -0.05) is 23.9 Å². The molecule has 6 nitrogen and oxygen atoms in total. The molecule has 2 aromatic carbocycles. The number of carbonyl (C=O) groups excluding carboxylic acids is 3. The van der Waals surface area contributed by atoms with Gasteiger partial charge in [0.15, 0.2) is 4.75 Å². The van der Waals surface area contributed by atoms with Crippen LogP contribution in [0.3, 0.4) is 0 Å². The number of anilines is 2. The van der Waals surface area contributed by atoms with Gasteiger partial charge >= 0.3 is 0 Å². The molecular formula is C18H17N3O3S. The average Bonchev–Trinajstić information content (AvgIpc) is 2.60. The molecule has 25 heavy (non-hydrogen) atoms. The van der Waals surface area contributed by atoms with E-state index in [-0.39, 0.29) is 5.91 Å². The largest absolute Gasteiger partial charge is 0.366 e. The Balaban J connectivity index is 1.86. The Bertz CT molecular complexity index is 866. The van der Waals surface area contributed by atoms with E-state index in [0.717, 1.165) is 10.6 Å². The molecule has 1 unspecified atom stereocenters. The van der Waals surface area contributed by atoms with Crippen LogP contribution in [0.2, 0.25) is 0 Å². The van der Waals surface area contributed by atoms with Crippen molar-refractivity contribution in [1.82, 2.24) is 0 Å². The maximum Gasteiger partial charge on any atom is 0.252 e. The van der Waals surface area contributed by atoms with Gasteiger partial charge in [-0.3, -0.25) is 14.4 Å². The quantitative estimate of drug-likeness (QED) is 0.826. The molecule has 3 rings (SSSR count). The van der Waals surface area contributed by atoms with Crippen LogP contribution in [0, 0.1) is 0 Å². The number of nitrogens with zero attached hydrogens (tertiary/aromatic N) is 1. The summed E-state index contributed by atoms with van der Waals surface area (Å²) < 4.78 is -1.29. The highest BCUT2D eigenvalue weighted by Crippen LogP contribution is 2.45. The Morgan fingerprint density at radius 3 is 2.40 bits per heavy atom. The first-order chi connectivity index (χ1) is 11.8. The van der Waals surface area contributed by atoms with Crippen LogP contribution in [-0.4, -0.2) is 29.5 Å². The van der Waals surface area contributed by atoms with Crippen LogP contribution in [0.15, 0.2) is 53.4 Å². The number of thioether (sulfide) groups is 1. The lowest BCUT2D eigenvalue weighted by atomic mass is 10.1. The van der Waals surface area contributed by atoms with Crippen molar-refractivity contribution in [3.8, 4) is 0 Å². The molecule has 0 saturated carbocycles. The molecule has 0 aliphatic carbocycles. The monoisotopic (exact) mass is 355 g/mol. The van der Waals surface area contributed by atoms with Crippen LogP contribution in [0.5, 0.6) is 0 Å². The summed E-state index contributed by atoms with van der Waals surface area (Å²) in [5, 5.41) is 2.74. The number of hydrogen-bond donors (Lipinski definition) is 2. The minimum absolute atomic E-state index is 0.289. The Kier molecular flexibility index (Phi) is 4.26. The normalized spacial score (nSPS) is 19.3. The van der Waals surface area contributed by atoms with E-state index in [9.17, 15) is 14.4 Å². The number of benzene rings is 2. The van der Waals surface area contributed by atoms with Crippen LogP contribution in [-0.2, 0) is 9.59 Å². The van der Waals surface area contributed by atoms with Gasteiger partial charge in [-0.25, -0.2) is 0 Å². The Labute approximate surface area is 149 Å². The first-order valence-corrected chi connectivity index (χ1v) is 8.42. The van der Waals surface area contributed by atoms with E-state index >= 15 is 0 Å². The molecule has 0 aromatic heterocycles. The van der Waals surface area contributed by atoms with Gasteiger partial charge in [-0.15, -0.1) is 0 Å². The van der Waals surface area contributed by atoms with Gasteiger partial charge in [0.05, 0.1) is 5.69 Å². The van der Waals surface area contributed by atoms with E-state index in [1.54, 1.807) is 26.1 Å². The fourth-order valence-corrected chi connectivity index (χ4v) is 3.89. The van der Waals surface area contributed by atoms with E-state index in [1.165, 1.54) is 28.8 Å². The lowest BCUT2D eigenvalue weighted by Gasteiger charge is -2.36. The fraction of sp³-hybridized carbons (Fsp3) is 0.167. The summed E-state index contributed by atoms with van der Waals surface area (Å²) in [5.41, 5.74) is 6.83. The Hall–Kier alpha value is -2.80. The van der Waals surface area contributed by atoms with Crippen molar-refractivity contribution >= 4 is 40.9 Å². The van der Waals surface area contributed by atoms with E-state index in [0.29, 0.717) is 11.3 Å². The zero-order valence-corrected chi connectivity index (χ0v) is 14.6. The number of hydrogen-bond acceptors (Lipinski definition) is 4. The summed E-state index contributed by atoms with van der Waals surface area (Å²) in [6, 6.07) is 13.7. The highest BCUT2D eigenvalue weighted by atomic mass is 32.2. The predicted octanol–water partition coefficient (Wildman–Crippen LogP) is 2.25. The predicted molar refractivity (Wildman–Crippen MR) is 97.7 cm³/mol. The number of nitrogens with two attached hydrogens (primary N) is 1. The van der Waals surface area contributed by atoms with E-state index in [2.05, 4.69) is 5.32 Å². The van der Waals surface area contributed by atoms with Gasteiger partial charge in [0.1, 0.15) is 0 Å². The number of amides is 3.